The SMILES string of the molecule is CCCCCCCCCCCOC(=O)CCNC(=O)C(O)C(C)(C)C[C@H](CN1CCOCC1)C(=O)O.CCCCCCCCCCCOC(=O)CCNC(=O)[C@H](O)C(C)(C)COC(=O)CCN1CCOCC1. The predicted octanol–water partition coefficient (Wildman–Crippen LogP) is 6.60. The highest BCUT2D eigenvalue weighted by Crippen LogP contribution is 2.31. The van der Waals surface area contributed by atoms with Crippen molar-refractivity contribution < 1.29 is 67.8 Å². The van der Waals surface area contributed by atoms with Crippen molar-refractivity contribution in [1.29, 1.82) is 0 Å². The van der Waals surface area contributed by atoms with Crippen LogP contribution >= 0.6 is 0 Å². The molecule has 0 aromatic carbocycles. The third-order valence-corrected chi connectivity index (χ3v) is 13.3. The van der Waals surface area contributed by atoms with Crippen molar-refractivity contribution >= 4 is 35.7 Å². The summed E-state index contributed by atoms with van der Waals surface area (Å²) in [6, 6.07) is 0. The summed E-state index contributed by atoms with van der Waals surface area (Å²) in [4.78, 5) is 76.6. The summed E-state index contributed by atoms with van der Waals surface area (Å²) in [6.45, 7) is 18.3. The van der Waals surface area contributed by atoms with Crippen LogP contribution in [0, 0.1) is 16.7 Å². The number of carboxylic acid groups (broad SMARTS) is 1. The molecule has 18 heteroatoms. The number of carboxylic acids is 1. The Morgan fingerprint density at radius 2 is 0.903 bits per heavy atom. The summed E-state index contributed by atoms with van der Waals surface area (Å²) in [5.74, 6) is -3.97. The van der Waals surface area contributed by atoms with Gasteiger partial charge in [-0.25, -0.2) is 0 Å². The second-order valence-corrected chi connectivity index (χ2v) is 21.0. The lowest BCUT2D eigenvalue weighted by atomic mass is 9.77. The van der Waals surface area contributed by atoms with Crippen LogP contribution in [0.4, 0.5) is 0 Å². The molecule has 420 valence electrons. The van der Waals surface area contributed by atoms with E-state index in [-0.39, 0.29) is 63.3 Å². The zero-order chi connectivity index (χ0) is 53.5. The number of carbonyl (C=O) groups is 6. The van der Waals surface area contributed by atoms with Crippen LogP contribution in [-0.4, -0.2) is 172 Å². The van der Waals surface area contributed by atoms with Crippen molar-refractivity contribution in [2.24, 2.45) is 16.7 Å². The summed E-state index contributed by atoms with van der Waals surface area (Å²) in [5, 5.41) is 35.8. The quantitative estimate of drug-likeness (QED) is 0.0247. The van der Waals surface area contributed by atoms with Crippen molar-refractivity contribution in [2.75, 3.05) is 98.6 Å². The van der Waals surface area contributed by atoms with Gasteiger partial charge in [-0.1, -0.05) is 144 Å². The van der Waals surface area contributed by atoms with E-state index in [1.807, 2.05) is 4.90 Å². The van der Waals surface area contributed by atoms with Gasteiger partial charge in [-0.3, -0.25) is 38.6 Å². The molecule has 2 rings (SSSR count). The van der Waals surface area contributed by atoms with E-state index < -0.39 is 46.7 Å². The highest BCUT2D eigenvalue weighted by atomic mass is 16.5. The van der Waals surface area contributed by atoms with Gasteiger partial charge in [-0.15, -0.1) is 0 Å². The number of nitrogens with zero attached hydrogens (tertiary/aromatic N) is 2. The molecule has 18 nitrogen and oxygen atoms in total. The molecule has 3 atom stereocenters. The third-order valence-electron chi connectivity index (χ3n) is 13.3. The number of nitrogens with one attached hydrogen (secondary N) is 2. The predicted molar refractivity (Wildman–Crippen MR) is 277 cm³/mol. The monoisotopic (exact) mass is 1030 g/mol. The van der Waals surface area contributed by atoms with Gasteiger partial charge < -0.3 is 49.6 Å². The fraction of sp³-hybridized carbons (Fsp3) is 0.889. The molecule has 0 aromatic heterocycles. The van der Waals surface area contributed by atoms with Crippen molar-refractivity contribution in [1.82, 2.24) is 20.4 Å². The van der Waals surface area contributed by atoms with Gasteiger partial charge in [0.25, 0.3) is 0 Å². The van der Waals surface area contributed by atoms with Gasteiger partial charge >= 0.3 is 23.9 Å². The Morgan fingerprint density at radius 3 is 1.32 bits per heavy atom. The maximum atomic E-state index is 12.5. The van der Waals surface area contributed by atoms with E-state index in [2.05, 4.69) is 29.4 Å². The number of hydrogen-bond acceptors (Lipinski definition) is 15. The van der Waals surface area contributed by atoms with Crippen LogP contribution < -0.4 is 10.6 Å². The minimum absolute atomic E-state index is 0.0328. The fourth-order valence-electron chi connectivity index (χ4n) is 8.38. The number of hydrogen-bond donors (Lipinski definition) is 5. The molecule has 2 aliphatic rings. The normalized spacial score (nSPS) is 15.8. The van der Waals surface area contributed by atoms with Gasteiger partial charge in [0, 0.05) is 63.2 Å². The average molecular weight is 1030 g/mol. The summed E-state index contributed by atoms with van der Waals surface area (Å²) >= 11 is 0. The van der Waals surface area contributed by atoms with Crippen molar-refractivity contribution in [2.45, 2.75) is 195 Å². The molecule has 2 heterocycles. The molecule has 0 aliphatic carbocycles. The lowest BCUT2D eigenvalue weighted by Crippen LogP contribution is -2.47. The molecular weight excluding hydrogens is 929 g/mol. The van der Waals surface area contributed by atoms with Crippen LogP contribution in [0.25, 0.3) is 0 Å². The Morgan fingerprint density at radius 1 is 0.528 bits per heavy atom. The molecular formula is C54H100N4O14. The third kappa shape index (κ3) is 33.4. The Hall–Kier alpha value is -3.42. The summed E-state index contributed by atoms with van der Waals surface area (Å²) < 4.78 is 26.3. The highest BCUT2D eigenvalue weighted by molar-refractivity contribution is 5.82. The van der Waals surface area contributed by atoms with Crippen molar-refractivity contribution in [3.05, 3.63) is 0 Å². The Kier molecular flexibility index (Phi) is 37.8. The number of carbonyl (C=O) groups excluding carboxylic acids is 5. The van der Waals surface area contributed by atoms with E-state index in [1.54, 1.807) is 27.7 Å². The first-order chi connectivity index (χ1) is 34.4. The van der Waals surface area contributed by atoms with E-state index >= 15 is 0 Å². The molecule has 2 aliphatic heterocycles. The number of rotatable bonds is 40. The number of esters is 3. The van der Waals surface area contributed by atoms with Crippen LogP contribution in [0.3, 0.4) is 0 Å². The highest BCUT2D eigenvalue weighted by Gasteiger charge is 2.39. The number of unbranched alkanes of at least 4 members (excludes halogenated alkanes) is 16. The maximum Gasteiger partial charge on any atom is 0.307 e. The van der Waals surface area contributed by atoms with Gasteiger partial charge in [0.2, 0.25) is 11.8 Å². The number of amides is 2. The molecule has 0 radical (unpaired) electrons. The van der Waals surface area contributed by atoms with Crippen molar-refractivity contribution in [3.63, 3.8) is 0 Å². The standard InChI is InChI=1S/2C27H50N2O7/c1-4-5-6-7-8-9-10-11-12-19-35-23(30)13-15-28-26(33)25(32)27(2,3)22-36-24(31)14-16-29-17-20-34-21-18-29;1-4-5-6-7-8-9-10-11-12-17-36-23(30)13-14-28-25(32)24(31)27(2,3)20-22(26(33)34)21-29-15-18-35-19-16-29/h25,32H,4-22H2,1-3H3,(H,28,33);22,24,31H,4-21H2,1-3H3,(H,28,32)(H,33,34)/t25-;22-,24?/m01/s1. The van der Waals surface area contributed by atoms with Gasteiger partial charge in [-0.2, -0.15) is 0 Å². The number of aliphatic carboxylic acids is 1. The van der Waals surface area contributed by atoms with Gasteiger partial charge in [-0.05, 0) is 19.3 Å². The zero-order valence-corrected chi connectivity index (χ0v) is 45.6. The molecule has 5 N–H and O–H groups in total. The lowest BCUT2D eigenvalue weighted by molar-refractivity contribution is -0.154. The molecule has 0 bridgehead atoms. The molecule has 0 aromatic rings. The number of aliphatic hydroxyl groups is 2. The van der Waals surface area contributed by atoms with Gasteiger partial charge in [0.1, 0.15) is 12.2 Å². The zero-order valence-electron chi connectivity index (χ0n) is 45.6. The summed E-state index contributed by atoms with van der Waals surface area (Å²) in [7, 11) is 0. The molecule has 0 saturated carbocycles. The molecule has 2 amide bonds. The summed E-state index contributed by atoms with van der Waals surface area (Å²) in [6.07, 6.45) is 19.2. The lowest BCUT2D eigenvalue weighted by Gasteiger charge is -2.35. The van der Waals surface area contributed by atoms with E-state index in [4.69, 9.17) is 23.7 Å². The van der Waals surface area contributed by atoms with E-state index in [1.165, 1.54) is 77.0 Å². The van der Waals surface area contributed by atoms with E-state index in [0.717, 1.165) is 51.6 Å². The van der Waals surface area contributed by atoms with Crippen molar-refractivity contribution in [3.8, 4) is 0 Å². The van der Waals surface area contributed by atoms with Crippen LogP contribution in [-0.2, 0) is 52.5 Å². The molecule has 0 spiro atoms. The number of aliphatic hydroxyl groups excluding tert-OH is 2. The summed E-state index contributed by atoms with van der Waals surface area (Å²) in [5.41, 5.74) is -1.91. The number of ether oxygens (including phenoxy) is 5. The Labute approximate surface area is 433 Å². The Bertz CT molecular complexity index is 1470. The largest absolute Gasteiger partial charge is 0.481 e. The second kappa shape index (κ2) is 40.9. The average Bonchev–Trinajstić information content (AvgIpc) is 3.36. The van der Waals surface area contributed by atoms with E-state index in [0.29, 0.717) is 65.8 Å². The van der Waals surface area contributed by atoms with Crippen LogP contribution in [0.15, 0.2) is 0 Å². The second-order valence-electron chi connectivity index (χ2n) is 21.0. The van der Waals surface area contributed by atoms with Gasteiger partial charge in [0.05, 0.1) is 71.4 Å². The Balaban J connectivity index is 0.000000720. The van der Waals surface area contributed by atoms with E-state index in [9.17, 15) is 44.1 Å². The molecule has 1 unspecified atom stereocenters. The smallest absolute Gasteiger partial charge is 0.307 e. The van der Waals surface area contributed by atoms with Crippen LogP contribution in [0.1, 0.15) is 183 Å². The van der Waals surface area contributed by atoms with Gasteiger partial charge in [0.15, 0.2) is 0 Å². The maximum absolute atomic E-state index is 12.5. The fourth-order valence-corrected chi connectivity index (χ4v) is 8.38. The minimum Gasteiger partial charge on any atom is -0.481 e. The van der Waals surface area contributed by atoms with Crippen LogP contribution in [0.2, 0.25) is 0 Å². The molecule has 2 saturated heterocycles. The van der Waals surface area contributed by atoms with Crippen LogP contribution in [0.5, 0.6) is 0 Å². The first kappa shape index (κ1) is 66.6. The topological polar surface area (TPSA) is 240 Å². The molecule has 72 heavy (non-hydrogen) atoms. The number of morpholine rings is 2. The minimum atomic E-state index is -1.39. The first-order valence-electron chi connectivity index (χ1n) is 27.6. The molecule has 2 fully saturated rings. The first-order valence-corrected chi connectivity index (χ1v) is 27.6.